The van der Waals surface area contributed by atoms with Crippen LogP contribution in [0.2, 0.25) is 0 Å². The number of hydrogen-bond donors (Lipinski definition) is 0. The Hall–Kier alpha value is -1.52. The van der Waals surface area contributed by atoms with E-state index in [1.54, 1.807) is 0 Å². The molecule has 0 radical (unpaired) electrons. The molecule has 1 aromatic carbocycles. The number of alkyl halides is 3. The van der Waals surface area contributed by atoms with Crippen molar-refractivity contribution in [1.29, 1.82) is 0 Å². The SMILES string of the molecule is CCCCC(=O)c1cc(C(F)(F)F)ccc1OCCC. The molecule has 112 valence electrons. The zero-order chi connectivity index (χ0) is 15.2. The van der Waals surface area contributed by atoms with Crippen LogP contribution in [-0.4, -0.2) is 12.4 Å². The minimum absolute atomic E-state index is 0.0294. The lowest BCUT2D eigenvalue weighted by Crippen LogP contribution is -2.10. The number of Topliss-reactive ketones (excluding diaryl/α,β-unsaturated/α-hetero) is 1. The number of hydrogen-bond acceptors (Lipinski definition) is 2. The average molecular weight is 288 g/mol. The predicted molar refractivity (Wildman–Crippen MR) is 71.1 cm³/mol. The van der Waals surface area contributed by atoms with Crippen molar-refractivity contribution < 1.29 is 22.7 Å². The molecule has 0 aromatic heterocycles. The normalized spacial score (nSPS) is 11.4. The van der Waals surface area contributed by atoms with Gasteiger partial charge in [0.05, 0.1) is 17.7 Å². The van der Waals surface area contributed by atoms with Crippen LogP contribution < -0.4 is 4.74 Å². The number of benzene rings is 1. The lowest BCUT2D eigenvalue weighted by molar-refractivity contribution is -0.137. The van der Waals surface area contributed by atoms with Gasteiger partial charge < -0.3 is 4.74 Å². The molecule has 2 nitrogen and oxygen atoms in total. The molecule has 0 bridgehead atoms. The smallest absolute Gasteiger partial charge is 0.416 e. The van der Waals surface area contributed by atoms with Gasteiger partial charge in [-0.2, -0.15) is 13.2 Å². The third-order valence-corrected chi connectivity index (χ3v) is 2.83. The fraction of sp³-hybridized carbons (Fsp3) is 0.533. The summed E-state index contributed by atoms with van der Waals surface area (Å²) >= 11 is 0. The maximum Gasteiger partial charge on any atom is 0.416 e. The van der Waals surface area contributed by atoms with Crippen LogP contribution in [0.3, 0.4) is 0 Å². The summed E-state index contributed by atoms with van der Waals surface area (Å²) in [4.78, 5) is 12.0. The topological polar surface area (TPSA) is 26.3 Å². The minimum atomic E-state index is -4.46. The first-order valence-electron chi connectivity index (χ1n) is 6.77. The van der Waals surface area contributed by atoms with Gasteiger partial charge in [0.2, 0.25) is 0 Å². The molecule has 0 spiro atoms. The summed E-state index contributed by atoms with van der Waals surface area (Å²) < 4.78 is 43.5. The maximum absolute atomic E-state index is 12.7. The highest BCUT2D eigenvalue weighted by molar-refractivity contribution is 5.98. The van der Waals surface area contributed by atoms with E-state index in [0.29, 0.717) is 13.0 Å². The van der Waals surface area contributed by atoms with E-state index < -0.39 is 11.7 Å². The van der Waals surface area contributed by atoms with E-state index in [9.17, 15) is 18.0 Å². The van der Waals surface area contributed by atoms with Crippen LogP contribution in [0.5, 0.6) is 5.75 Å². The Bertz CT molecular complexity index is 453. The molecule has 0 amide bonds. The van der Waals surface area contributed by atoms with Gasteiger partial charge >= 0.3 is 6.18 Å². The molecule has 0 N–H and O–H groups in total. The van der Waals surface area contributed by atoms with Crippen LogP contribution in [0.25, 0.3) is 0 Å². The Morgan fingerprint density at radius 2 is 1.90 bits per heavy atom. The molecule has 0 unspecified atom stereocenters. The summed E-state index contributed by atoms with van der Waals surface area (Å²) in [5.41, 5.74) is -0.789. The molecule has 0 aliphatic heterocycles. The molecule has 0 aliphatic rings. The molecular weight excluding hydrogens is 269 g/mol. The lowest BCUT2D eigenvalue weighted by Gasteiger charge is -2.13. The standard InChI is InChI=1S/C15H19F3O2/c1-3-5-6-13(19)12-10-11(15(16,17)18)7-8-14(12)20-9-4-2/h7-8,10H,3-6,9H2,1-2H3. The van der Waals surface area contributed by atoms with Gasteiger partial charge in [-0.1, -0.05) is 20.3 Å². The summed E-state index contributed by atoms with van der Waals surface area (Å²) in [7, 11) is 0. The number of carbonyl (C=O) groups is 1. The fourth-order valence-electron chi connectivity index (χ4n) is 1.73. The third-order valence-electron chi connectivity index (χ3n) is 2.83. The first-order chi connectivity index (χ1) is 9.40. The summed E-state index contributed by atoms with van der Waals surface area (Å²) in [6.07, 6.45) is -2.02. The van der Waals surface area contributed by atoms with E-state index >= 15 is 0 Å². The van der Waals surface area contributed by atoms with Gasteiger partial charge in [0.25, 0.3) is 0 Å². The minimum Gasteiger partial charge on any atom is -0.493 e. The van der Waals surface area contributed by atoms with Crippen molar-refractivity contribution >= 4 is 5.78 Å². The Labute approximate surface area is 116 Å². The average Bonchev–Trinajstić information content (AvgIpc) is 2.41. The zero-order valence-electron chi connectivity index (χ0n) is 11.7. The summed E-state index contributed by atoms with van der Waals surface area (Å²) in [5, 5.41) is 0. The Kier molecular flexibility index (Phi) is 6.05. The molecule has 5 heteroatoms. The van der Waals surface area contributed by atoms with Crippen LogP contribution in [0.15, 0.2) is 18.2 Å². The number of unbranched alkanes of at least 4 members (excludes halogenated alkanes) is 1. The largest absolute Gasteiger partial charge is 0.493 e. The van der Waals surface area contributed by atoms with Crippen molar-refractivity contribution in [3.63, 3.8) is 0 Å². The Morgan fingerprint density at radius 1 is 1.20 bits per heavy atom. The summed E-state index contributed by atoms with van der Waals surface area (Å²) in [5.74, 6) is -0.0648. The quantitative estimate of drug-likeness (QED) is 0.669. The van der Waals surface area contributed by atoms with Gasteiger partial charge in [0, 0.05) is 6.42 Å². The van der Waals surface area contributed by atoms with Gasteiger partial charge in [-0.05, 0) is 31.0 Å². The third kappa shape index (κ3) is 4.54. The van der Waals surface area contributed by atoms with E-state index in [0.717, 1.165) is 25.0 Å². The van der Waals surface area contributed by atoms with E-state index in [2.05, 4.69) is 0 Å². The Morgan fingerprint density at radius 3 is 2.45 bits per heavy atom. The van der Waals surface area contributed by atoms with Crippen molar-refractivity contribution in [2.24, 2.45) is 0 Å². The van der Waals surface area contributed by atoms with Crippen molar-refractivity contribution in [3.05, 3.63) is 29.3 Å². The van der Waals surface area contributed by atoms with Gasteiger partial charge in [0.1, 0.15) is 5.75 Å². The summed E-state index contributed by atoms with van der Waals surface area (Å²) in [6.45, 7) is 4.19. The Balaban J connectivity index is 3.08. The van der Waals surface area contributed by atoms with Crippen LogP contribution in [0.1, 0.15) is 55.5 Å². The molecule has 0 fully saturated rings. The molecule has 0 saturated carbocycles. The molecule has 1 aromatic rings. The number of ether oxygens (including phenoxy) is 1. The number of ketones is 1. The second-order valence-corrected chi connectivity index (χ2v) is 4.58. The second kappa shape index (κ2) is 7.31. The van der Waals surface area contributed by atoms with Crippen LogP contribution in [0, 0.1) is 0 Å². The number of rotatable bonds is 7. The van der Waals surface area contributed by atoms with E-state index in [-0.39, 0.29) is 23.5 Å². The van der Waals surface area contributed by atoms with Crippen molar-refractivity contribution in [2.45, 2.75) is 45.7 Å². The highest BCUT2D eigenvalue weighted by Crippen LogP contribution is 2.33. The molecule has 0 heterocycles. The highest BCUT2D eigenvalue weighted by atomic mass is 19.4. The lowest BCUT2D eigenvalue weighted by atomic mass is 10.0. The van der Waals surface area contributed by atoms with Gasteiger partial charge in [0.15, 0.2) is 5.78 Å². The zero-order valence-corrected chi connectivity index (χ0v) is 11.7. The summed E-state index contributed by atoms with van der Waals surface area (Å²) in [6, 6.07) is 3.07. The number of halogens is 3. The molecular formula is C15H19F3O2. The van der Waals surface area contributed by atoms with Crippen molar-refractivity contribution in [3.8, 4) is 5.75 Å². The molecule has 0 aliphatic carbocycles. The van der Waals surface area contributed by atoms with Crippen LogP contribution >= 0.6 is 0 Å². The molecule has 20 heavy (non-hydrogen) atoms. The molecule has 0 saturated heterocycles. The first-order valence-corrected chi connectivity index (χ1v) is 6.77. The number of carbonyl (C=O) groups excluding carboxylic acids is 1. The van der Waals surface area contributed by atoms with Crippen LogP contribution in [0.4, 0.5) is 13.2 Å². The predicted octanol–water partition coefficient (Wildman–Crippen LogP) is 4.87. The maximum atomic E-state index is 12.7. The van der Waals surface area contributed by atoms with E-state index in [1.807, 2.05) is 13.8 Å². The van der Waals surface area contributed by atoms with Crippen LogP contribution in [-0.2, 0) is 6.18 Å². The second-order valence-electron chi connectivity index (χ2n) is 4.58. The van der Waals surface area contributed by atoms with Gasteiger partial charge in [-0.25, -0.2) is 0 Å². The van der Waals surface area contributed by atoms with Crippen molar-refractivity contribution in [2.75, 3.05) is 6.61 Å². The molecule has 1 rings (SSSR count). The monoisotopic (exact) mass is 288 g/mol. The van der Waals surface area contributed by atoms with E-state index in [1.165, 1.54) is 6.07 Å². The van der Waals surface area contributed by atoms with Gasteiger partial charge in [-0.15, -0.1) is 0 Å². The first kappa shape index (κ1) is 16.5. The van der Waals surface area contributed by atoms with Crippen molar-refractivity contribution in [1.82, 2.24) is 0 Å². The van der Waals surface area contributed by atoms with E-state index in [4.69, 9.17) is 4.74 Å². The highest BCUT2D eigenvalue weighted by Gasteiger charge is 2.31. The fourth-order valence-corrected chi connectivity index (χ4v) is 1.73. The molecule has 0 atom stereocenters. The van der Waals surface area contributed by atoms with Gasteiger partial charge in [-0.3, -0.25) is 4.79 Å².